The van der Waals surface area contributed by atoms with Gasteiger partial charge < -0.3 is 10.2 Å². The Bertz CT molecular complexity index is 376. The predicted molar refractivity (Wildman–Crippen MR) is 63.8 cm³/mol. The minimum absolute atomic E-state index is 0.292. The molecule has 0 unspecified atom stereocenters. The monoisotopic (exact) mass is 219 g/mol. The molecule has 0 bridgehead atoms. The Hall–Kier alpha value is -1.58. The van der Waals surface area contributed by atoms with E-state index in [1.165, 1.54) is 0 Å². The van der Waals surface area contributed by atoms with E-state index in [1.807, 2.05) is 24.3 Å². The van der Waals surface area contributed by atoms with Gasteiger partial charge in [-0.05, 0) is 24.5 Å². The van der Waals surface area contributed by atoms with E-state index >= 15 is 0 Å². The van der Waals surface area contributed by atoms with Gasteiger partial charge in [0.05, 0.1) is 11.7 Å². The number of nitrogens with one attached hydrogen (secondary N) is 1. The van der Waals surface area contributed by atoms with Gasteiger partial charge in [0.2, 0.25) is 0 Å². The number of hydrogen-bond donors (Lipinski definition) is 1. The highest BCUT2D eigenvalue weighted by Gasteiger charge is 2.15. The van der Waals surface area contributed by atoms with Crippen LogP contribution < -0.4 is 5.32 Å². The third kappa shape index (κ3) is 2.72. The first-order chi connectivity index (χ1) is 7.75. The van der Waals surface area contributed by atoms with Crippen molar-refractivity contribution >= 4 is 11.4 Å². The second-order valence-corrected chi connectivity index (χ2v) is 4.47. The second-order valence-electron chi connectivity index (χ2n) is 4.47. The highest BCUT2D eigenvalue weighted by molar-refractivity contribution is 5.65. The van der Waals surface area contributed by atoms with Crippen LogP contribution in [0.5, 0.6) is 0 Å². The molecule has 1 aliphatic rings. The Morgan fingerprint density at radius 1 is 1.44 bits per heavy atom. The van der Waals surface area contributed by atoms with Crippen LogP contribution in [0.4, 0.5) is 11.4 Å². The fourth-order valence-corrected chi connectivity index (χ4v) is 1.84. The van der Waals surface area contributed by atoms with Gasteiger partial charge in [-0.2, -0.15) is 0 Å². The maximum atomic E-state index is 5.14. The van der Waals surface area contributed by atoms with E-state index in [0.717, 1.165) is 17.8 Å². The molecule has 1 N–H and O–H groups in total. The van der Waals surface area contributed by atoms with Crippen molar-refractivity contribution in [2.75, 3.05) is 11.9 Å². The van der Waals surface area contributed by atoms with Gasteiger partial charge in [-0.15, -0.1) is 5.11 Å². The molecular weight excluding hydrogens is 202 g/mol. The zero-order valence-electron chi connectivity index (χ0n) is 9.68. The number of fused-ring (bicyclic) bond motifs is 1. The van der Waals surface area contributed by atoms with E-state index in [4.69, 9.17) is 4.84 Å². The summed E-state index contributed by atoms with van der Waals surface area (Å²) in [6, 6.07) is 8.18. The molecule has 1 aliphatic heterocycles. The molecule has 0 aromatic heterocycles. The second kappa shape index (κ2) is 4.96. The number of anilines is 1. The molecule has 1 heterocycles. The number of benzene rings is 1. The molecule has 1 aromatic rings. The number of hydrogen-bond acceptors (Lipinski definition) is 4. The number of rotatable bonds is 2. The molecule has 0 saturated carbocycles. The Balaban J connectivity index is 2.17. The summed E-state index contributed by atoms with van der Waals surface area (Å²) in [4.78, 5) is 5.14. The largest absolute Gasteiger partial charge is 0.377 e. The summed E-state index contributed by atoms with van der Waals surface area (Å²) in [6.07, 6.45) is 1.06. The van der Waals surface area contributed by atoms with Gasteiger partial charge in [0.15, 0.2) is 0 Å². The van der Waals surface area contributed by atoms with Gasteiger partial charge in [0.1, 0.15) is 12.3 Å². The van der Waals surface area contributed by atoms with E-state index in [1.54, 1.807) is 0 Å². The van der Waals surface area contributed by atoms with Crippen LogP contribution in [0.15, 0.2) is 34.7 Å². The average Bonchev–Trinajstić information content (AvgIpc) is 2.21. The molecule has 1 aromatic carbocycles. The number of para-hydroxylation sites is 1. The number of nitrogens with zero attached hydrogens (tertiary/aromatic N) is 2. The molecule has 4 heteroatoms. The maximum Gasteiger partial charge on any atom is 0.139 e. The van der Waals surface area contributed by atoms with Crippen molar-refractivity contribution in [2.24, 2.45) is 16.3 Å². The smallest absolute Gasteiger partial charge is 0.139 e. The SMILES string of the molecule is CC(C)C[C@H]1CON=Nc2ccccc2N1. The van der Waals surface area contributed by atoms with Gasteiger partial charge in [-0.3, -0.25) is 0 Å². The first-order valence-corrected chi connectivity index (χ1v) is 5.64. The van der Waals surface area contributed by atoms with Crippen LogP contribution in [0.1, 0.15) is 20.3 Å². The first kappa shape index (κ1) is 10.9. The minimum Gasteiger partial charge on any atom is -0.377 e. The van der Waals surface area contributed by atoms with Crippen LogP contribution in [0.2, 0.25) is 0 Å². The van der Waals surface area contributed by atoms with Crippen molar-refractivity contribution in [3.8, 4) is 0 Å². The third-order valence-electron chi connectivity index (χ3n) is 2.50. The average molecular weight is 219 g/mol. The van der Waals surface area contributed by atoms with Gasteiger partial charge in [0.25, 0.3) is 0 Å². The van der Waals surface area contributed by atoms with E-state index in [0.29, 0.717) is 18.6 Å². The first-order valence-electron chi connectivity index (χ1n) is 5.64. The van der Waals surface area contributed by atoms with Crippen molar-refractivity contribution < 1.29 is 4.84 Å². The van der Waals surface area contributed by atoms with Crippen LogP contribution in [-0.2, 0) is 4.84 Å². The topological polar surface area (TPSA) is 46.0 Å². The molecule has 0 fully saturated rings. The van der Waals surface area contributed by atoms with Crippen molar-refractivity contribution in [2.45, 2.75) is 26.3 Å². The Morgan fingerprint density at radius 3 is 3.06 bits per heavy atom. The third-order valence-corrected chi connectivity index (χ3v) is 2.50. The van der Waals surface area contributed by atoms with Crippen molar-refractivity contribution in [3.05, 3.63) is 24.3 Å². The summed E-state index contributed by atoms with van der Waals surface area (Å²) < 4.78 is 0. The van der Waals surface area contributed by atoms with Crippen LogP contribution in [-0.4, -0.2) is 12.6 Å². The van der Waals surface area contributed by atoms with Crippen LogP contribution in [0, 0.1) is 5.92 Å². The minimum atomic E-state index is 0.292. The molecule has 4 nitrogen and oxygen atoms in total. The van der Waals surface area contributed by atoms with E-state index < -0.39 is 0 Å². The van der Waals surface area contributed by atoms with Gasteiger partial charge in [-0.1, -0.05) is 26.0 Å². The lowest BCUT2D eigenvalue weighted by atomic mass is 10.0. The molecule has 16 heavy (non-hydrogen) atoms. The summed E-state index contributed by atoms with van der Waals surface area (Å²) in [6.45, 7) is 4.97. The lowest BCUT2D eigenvalue weighted by molar-refractivity contribution is 0.110. The summed E-state index contributed by atoms with van der Waals surface area (Å²) >= 11 is 0. The quantitative estimate of drug-likeness (QED) is 0.826. The highest BCUT2D eigenvalue weighted by atomic mass is 16.6. The Morgan fingerprint density at radius 2 is 2.25 bits per heavy atom. The standard InChI is InChI=1S/C12H17N3O/c1-9(2)7-10-8-16-15-14-12-6-4-3-5-11(12)13-10/h3-6,9-10,13H,7-8H2,1-2H3/t10-/m0/s1. The lowest BCUT2D eigenvalue weighted by Crippen LogP contribution is -2.27. The molecule has 0 radical (unpaired) electrons. The lowest BCUT2D eigenvalue weighted by Gasteiger charge is -2.22. The summed E-state index contributed by atoms with van der Waals surface area (Å²) in [5.74, 6) is 0.629. The zero-order chi connectivity index (χ0) is 11.4. The molecule has 0 aliphatic carbocycles. The fraction of sp³-hybridized carbons (Fsp3) is 0.500. The maximum absolute atomic E-state index is 5.14. The Labute approximate surface area is 95.7 Å². The summed E-state index contributed by atoms with van der Waals surface area (Å²) in [5, 5.41) is 11.2. The van der Waals surface area contributed by atoms with E-state index in [9.17, 15) is 0 Å². The van der Waals surface area contributed by atoms with Crippen LogP contribution in [0.3, 0.4) is 0 Å². The molecule has 86 valence electrons. The Kier molecular flexibility index (Phi) is 3.39. The highest BCUT2D eigenvalue weighted by Crippen LogP contribution is 2.27. The fourth-order valence-electron chi connectivity index (χ4n) is 1.84. The summed E-state index contributed by atoms with van der Waals surface area (Å²) in [5.41, 5.74) is 1.86. The van der Waals surface area contributed by atoms with E-state index in [-0.39, 0.29) is 0 Å². The van der Waals surface area contributed by atoms with Crippen molar-refractivity contribution in [1.29, 1.82) is 0 Å². The molecule has 0 saturated heterocycles. The van der Waals surface area contributed by atoms with Gasteiger partial charge in [0, 0.05) is 5.28 Å². The predicted octanol–water partition coefficient (Wildman–Crippen LogP) is 3.54. The molecule has 1 atom stereocenters. The summed E-state index contributed by atoms with van der Waals surface area (Å²) in [7, 11) is 0. The van der Waals surface area contributed by atoms with Gasteiger partial charge in [-0.25, -0.2) is 0 Å². The van der Waals surface area contributed by atoms with Crippen LogP contribution in [0.25, 0.3) is 0 Å². The normalized spacial score (nSPS) is 19.3. The van der Waals surface area contributed by atoms with Crippen molar-refractivity contribution in [1.82, 2.24) is 0 Å². The zero-order valence-corrected chi connectivity index (χ0v) is 9.68. The molecule has 2 rings (SSSR count). The van der Waals surface area contributed by atoms with Crippen molar-refractivity contribution in [3.63, 3.8) is 0 Å². The molecule has 0 amide bonds. The van der Waals surface area contributed by atoms with E-state index in [2.05, 4.69) is 29.6 Å². The van der Waals surface area contributed by atoms with Gasteiger partial charge >= 0.3 is 0 Å². The van der Waals surface area contributed by atoms with Crippen LogP contribution >= 0.6 is 0 Å². The molecular formula is C12H17N3O. The molecule has 0 spiro atoms.